The molecular formula is C13H18ClNO. The average Bonchev–Trinajstić information content (AvgIpc) is 2.58. The first-order chi connectivity index (χ1) is 7.67. The molecule has 1 aromatic rings. The highest BCUT2D eigenvalue weighted by molar-refractivity contribution is 6.32. The summed E-state index contributed by atoms with van der Waals surface area (Å²) in [4.78, 5) is 0. The third-order valence-electron chi connectivity index (χ3n) is 3.02. The predicted molar refractivity (Wildman–Crippen MR) is 67.3 cm³/mol. The normalized spacial score (nSPS) is 23.0. The van der Waals surface area contributed by atoms with Gasteiger partial charge in [0.05, 0.1) is 11.1 Å². The number of halogens is 1. The van der Waals surface area contributed by atoms with E-state index in [9.17, 15) is 0 Å². The van der Waals surface area contributed by atoms with Crippen LogP contribution in [-0.2, 0) is 0 Å². The third kappa shape index (κ3) is 1.92. The van der Waals surface area contributed by atoms with E-state index in [2.05, 4.69) is 32.2 Å². The smallest absolute Gasteiger partial charge is 0.143 e. The van der Waals surface area contributed by atoms with E-state index in [1.54, 1.807) is 0 Å². The number of ether oxygens (including phenoxy) is 1. The molecule has 1 N–H and O–H groups in total. The molecule has 0 saturated carbocycles. The Bertz CT molecular complexity index is 392. The van der Waals surface area contributed by atoms with E-state index >= 15 is 0 Å². The van der Waals surface area contributed by atoms with E-state index in [-0.39, 0.29) is 12.1 Å². The molecule has 0 bridgehead atoms. The second-order valence-corrected chi connectivity index (χ2v) is 4.67. The molecule has 1 heterocycles. The Morgan fingerprint density at radius 1 is 1.38 bits per heavy atom. The van der Waals surface area contributed by atoms with Gasteiger partial charge in [0.25, 0.3) is 0 Å². The second kappa shape index (κ2) is 4.64. The van der Waals surface area contributed by atoms with Gasteiger partial charge in [-0.1, -0.05) is 31.5 Å². The van der Waals surface area contributed by atoms with E-state index < -0.39 is 0 Å². The van der Waals surface area contributed by atoms with Gasteiger partial charge in [0.15, 0.2) is 0 Å². The molecule has 0 saturated heterocycles. The first-order valence-electron chi connectivity index (χ1n) is 5.87. The summed E-state index contributed by atoms with van der Waals surface area (Å²) in [6.07, 6.45) is 1.19. The summed E-state index contributed by atoms with van der Waals surface area (Å²) >= 11 is 6.21. The molecule has 2 rings (SSSR count). The summed E-state index contributed by atoms with van der Waals surface area (Å²) < 4.78 is 5.91. The lowest BCUT2D eigenvalue weighted by Gasteiger charge is -2.17. The lowest BCUT2D eigenvalue weighted by Crippen LogP contribution is -2.30. The Morgan fingerprint density at radius 3 is 2.75 bits per heavy atom. The van der Waals surface area contributed by atoms with Crippen LogP contribution in [0.25, 0.3) is 0 Å². The van der Waals surface area contributed by atoms with Crippen LogP contribution in [0.3, 0.4) is 0 Å². The van der Waals surface area contributed by atoms with Crippen LogP contribution in [-0.4, -0.2) is 12.6 Å². The number of nitrogens with one attached hydrogen (secondary N) is 1. The highest BCUT2D eigenvalue weighted by Crippen LogP contribution is 2.43. The summed E-state index contributed by atoms with van der Waals surface area (Å²) in [5, 5.41) is 4.20. The molecule has 0 spiro atoms. The summed E-state index contributed by atoms with van der Waals surface area (Å²) in [5.74, 6) is 0.866. The SMILES string of the molecule is CCNC1c2cc(C)cc(Cl)c2OC1CC. The zero-order valence-electron chi connectivity index (χ0n) is 10.0. The van der Waals surface area contributed by atoms with Crippen molar-refractivity contribution in [2.45, 2.75) is 39.3 Å². The molecule has 2 unspecified atom stereocenters. The van der Waals surface area contributed by atoms with Crippen molar-refractivity contribution in [1.29, 1.82) is 0 Å². The van der Waals surface area contributed by atoms with Gasteiger partial charge in [-0.2, -0.15) is 0 Å². The molecule has 0 radical (unpaired) electrons. The van der Waals surface area contributed by atoms with E-state index in [1.807, 2.05) is 6.07 Å². The molecule has 2 nitrogen and oxygen atoms in total. The van der Waals surface area contributed by atoms with Gasteiger partial charge < -0.3 is 10.1 Å². The number of aryl methyl sites for hydroxylation is 1. The third-order valence-corrected chi connectivity index (χ3v) is 3.30. The topological polar surface area (TPSA) is 21.3 Å². The van der Waals surface area contributed by atoms with Crippen molar-refractivity contribution < 1.29 is 4.74 Å². The monoisotopic (exact) mass is 239 g/mol. The molecule has 1 aliphatic rings. The number of rotatable bonds is 3. The minimum atomic E-state index is 0.203. The quantitative estimate of drug-likeness (QED) is 0.872. The molecule has 0 fully saturated rings. The van der Waals surface area contributed by atoms with E-state index in [4.69, 9.17) is 16.3 Å². The molecule has 88 valence electrons. The summed E-state index contributed by atoms with van der Waals surface area (Å²) in [6.45, 7) is 7.26. The van der Waals surface area contributed by atoms with Crippen LogP contribution in [0.15, 0.2) is 12.1 Å². The van der Waals surface area contributed by atoms with Gasteiger partial charge >= 0.3 is 0 Å². The Labute approximate surface area is 102 Å². The number of likely N-dealkylation sites (N-methyl/N-ethyl adjacent to an activating group) is 1. The zero-order chi connectivity index (χ0) is 11.7. The first kappa shape index (κ1) is 11.7. The molecule has 16 heavy (non-hydrogen) atoms. The molecular weight excluding hydrogens is 222 g/mol. The van der Waals surface area contributed by atoms with Crippen LogP contribution in [0.1, 0.15) is 37.4 Å². The van der Waals surface area contributed by atoms with Gasteiger partial charge in [-0.3, -0.25) is 0 Å². The maximum absolute atomic E-state index is 6.21. The van der Waals surface area contributed by atoms with Crippen LogP contribution >= 0.6 is 11.6 Å². The van der Waals surface area contributed by atoms with E-state index in [1.165, 1.54) is 11.1 Å². The summed E-state index contributed by atoms with van der Waals surface area (Å²) in [7, 11) is 0. The molecule has 0 aromatic heterocycles. The lowest BCUT2D eigenvalue weighted by atomic mass is 10.0. The van der Waals surface area contributed by atoms with Gasteiger partial charge in [0.2, 0.25) is 0 Å². The average molecular weight is 240 g/mol. The van der Waals surface area contributed by atoms with Crippen LogP contribution < -0.4 is 10.1 Å². The molecule has 1 aromatic carbocycles. The van der Waals surface area contributed by atoms with Crippen LogP contribution in [0.4, 0.5) is 0 Å². The van der Waals surface area contributed by atoms with E-state index in [0.717, 1.165) is 23.7 Å². The van der Waals surface area contributed by atoms with Crippen LogP contribution in [0.2, 0.25) is 5.02 Å². The van der Waals surface area contributed by atoms with Crippen molar-refractivity contribution in [1.82, 2.24) is 5.32 Å². The minimum absolute atomic E-state index is 0.203. The fourth-order valence-electron chi connectivity index (χ4n) is 2.31. The van der Waals surface area contributed by atoms with Gasteiger partial charge in [0.1, 0.15) is 11.9 Å². The van der Waals surface area contributed by atoms with Gasteiger partial charge in [-0.15, -0.1) is 0 Å². The first-order valence-corrected chi connectivity index (χ1v) is 6.25. The van der Waals surface area contributed by atoms with Crippen molar-refractivity contribution in [3.63, 3.8) is 0 Å². The van der Waals surface area contributed by atoms with Crippen molar-refractivity contribution in [2.75, 3.05) is 6.54 Å². The number of fused-ring (bicyclic) bond motifs is 1. The van der Waals surface area contributed by atoms with Crippen molar-refractivity contribution in [3.05, 3.63) is 28.3 Å². The summed E-state index contributed by atoms with van der Waals surface area (Å²) in [5.41, 5.74) is 2.39. The fourth-order valence-corrected chi connectivity index (χ4v) is 2.64. The molecule has 1 aliphatic heterocycles. The standard InChI is InChI=1S/C13H18ClNO/c1-4-11-12(15-5-2)9-6-8(3)7-10(14)13(9)16-11/h6-7,11-12,15H,4-5H2,1-3H3. The van der Waals surface area contributed by atoms with Gasteiger partial charge in [0, 0.05) is 5.56 Å². The lowest BCUT2D eigenvalue weighted by molar-refractivity contribution is 0.186. The molecule has 2 atom stereocenters. The van der Waals surface area contributed by atoms with Crippen LogP contribution in [0, 0.1) is 6.92 Å². The molecule has 0 aliphatic carbocycles. The highest BCUT2D eigenvalue weighted by Gasteiger charge is 2.34. The second-order valence-electron chi connectivity index (χ2n) is 4.26. The maximum Gasteiger partial charge on any atom is 0.143 e. The fraction of sp³-hybridized carbons (Fsp3) is 0.538. The van der Waals surface area contributed by atoms with Crippen molar-refractivity contribution in [3.8, 4) is 5.75 Å². The molecule has 0 amide bonds. The van der Waals surface area contributed by atoms with E-state index in [0.29, 0.717) is 0 Å². The number of benzene rings is 1. The Kier molecular flexibility index (Phi) is 3.41. The van der Waals surface area contributed by atoms with Crippen molar-refractivity contribution in [2.24, 2.45) is 0 Å². The van der Waals surface area contributed by atoms with Crippen LogP contribution in [0.5, 0.6) is 5.75 Å². The van der Waals surface area contributed by atoms with Gasteiger partial charge in [-0.05, 0) is 31.5 Å². The minimum Gasteiger partial charge on any atom is -0.487 e. The van der Waals surface area contributed by atoms with Crippen molar-refractivity contribution >= 4 is 11.6 Å². The predicted octanol–water partition coefficient (Wildman–Crippen LogP) is 3.47. The Hall–Kier alpha value is -0.730. The Balaban J connectivity index is 2.41. The zero-order valence-corrected chi connectivity index (χ0v) is 10.8. The number of hydrogen-bond acceptors (Lipinski definition) is 2. The number of hydrogen-bond donors (Lipinski definition) is 1. The highest BCUT2D eigenvalue weighted by atomic mass is 35.5. The molecule has 3 heteroatoms. The van der Waals surface area contributed by atoms with Gasteiger partial charge in [-0.25, -0.2) is 0 Å². The maximum atomic E-state index is 6.21. The largest absolute Gasteiger partial charge is 0.487 e. The Morgan fingerprint density at radius 2 is 2.12 bits per heavy atom. The summed E-state index contributed by atoms with van der Waals surface area (Å²) in [6, 6.07) is 4.41.